The van der Waals surface area contributed by atoms with Crippen LogP contribution in [0.25, 0.3) is 17.0 Å². The fourth-order valence-corrected chi connectivity index (χ4v) is 4.35. The molecule has 1 aliphatic rings. The summed E-state index contributed by atoms with van der Waals surface area (Å²) in [7, 11) is 1.62. The molecule has 184 valence electrons. The van der Waals surface area contributed by atoms with Crippen molar-refractivity contribution in [2.45, 2.75) is 32.6 Å². The summed E-state index contributed by atoms with van der Waals surface area (Å²) in [6.07, 6.45) is 6.98. The molecule has 0 amide bonds. The van der Waals surface area contributed by atoms with E-state index in [4.69, 9.17) is 14.2 Å². The molecule has 0 atom stereocenters. The number of hydrogen-bond donors (Lipinski definition) is 1. The molecular formula is C28H32N2O5. The Morgan fingerprint density at radius 3 is 2.51 bits per heavy atom. The predicted octanol–water partition coefficient (Wildman–Crippen LogP) is 4.68. The number of likely N-dealkylation sites (tertiary alicyclic amines) is 1. The van der Waals surface area contributed by atoms with E-state index < -0.39 is 0 Å². The lowest BCUT2D eigenvalue weighted by Crippen LogP contribution is -2.33. The molecule has 0 saturated carbocycles. The third-order valence-electron chi connectivity index (χ3n) is 6.27. The topological polar surface area (TPSA) is 80.9 Å². The van der Waals surface area contributed by atoms with Crippen LogP contribution in [0.15, 0.2) is 48.5 Å². The van der Waals surface area contributed by atoms with Crippen molar-refractivity contribution in [3.8, 4) is 11.5 Å². The second-order valence-corrected chi connectivity index (χ2v) is 8.76. The number of esters is 2. The molecule has 0 aliphatic carbocycles. The smallest absolute Gasteiger partial charge is 0.330 e. The molecule has 3 aromatic rings. The van der Waals surface area contributed by atoms with Gasteiger partial charge in [-0.3, -0.25) is 9.69 Å². The maximum atomic E-state index is 12.6. The summed E-state index contributed by atoms with van der Waals surface area (Å²) in [6.45, 7) is 5.29. The van der Waals surface area contributed by atoms with E-state index in [1.807, 2.05) is 25.1 Å². The Balaban J connectivity index is 1.27. The minimum atomic E-state index is -0.358. The van der Waals surface area contributed by atoms with Gasteiger partial charge in [0.25, 0.3) is 0 Å². The van der Waals surface area contributed by atoms with E-state index >= 15 is 0 Å². The normalized spacial score (nSPS) is 14.3. The van der Waals surface area contributed by atoms with E-state index in [-0.39, 0.29) is 18.4 Å². The van der Waals surface area contributed by atoms with Gasteiger partial charge < -0.3 is 19.2 Å². The molecule has 4 rings (SSSR count). The van der Waals surface area contributed by atoms with Crippen LogP contribution >= 0.6 is 0 Å². The Morgan fingerprint density at radius 1 is 1.03 bits per heavy atom. The third-order valence-corrected chi connectivity index (χ3v) is 6.27. The number of H-pyrrole nitrogens is 1. The van der Waals surface area contributed by atoms with Crippen molar-refractivity contribution in [2.75, 3.05) is 33.4 Å². The number of ether oxygens (including phenoxy) is 3. The van der Waals surface area contributed by atoms with Gasteiger partial charge in [-0.25, -0.2) is 4.79 Å². The van der Waals surface area contributed by atoms with Crippen molar-refractivity contribution >= 4 is 28.9 Å². The number of nitrogens with one attached hydrogen (secondary N) is 1. The molecule has 2 aromatic carbocycles. The van der Waals surface area contributed by atoms with Crippen LogP contribution in [0.1, 0.15) is 36.1 Å². The summed E-state index contributed by atoms with van der Waals surface area (Å²) >= 11 is 0. The fourth-order valence-electron chi connectivity index (χ4n) is 4.35. The fraction of sp³-hybridized carbons (Fsp3) is 0.357. The maximum Gasteiger partial charge on any atom is 0.330 e. The first kappa shape index (κ1) is 24.5. The molecular weight excluding hydrogens is 444 g/mol. The third kappa shape index (κ3) is 6.73. The van der Waals surface area contributed by atoms with Crippen LogP contribution in [-0.4, -0.2) is 55.2 Å². The van der Waals surface area contributed by atoms with Gasteiger partial charge in [-0.05, 0) is 80.4 Å². The first-order chi connectivity index (χ1) is 17.0. The van der Waals surface area contributed by atoms with Gasteiger partial charge in [0.1, 0.15) is 18.1 Å². The van der Waals surface area contributed by atoms with E-state index in [1.54, 1.807) is 37.5 Å². The molecule has 1 aromatic heterocycles. The number of piperidine rings is 1. The first-order valence-electron chi connectivity index (χ1n) is 12.0. The zero-order chi connectivity index (χ0) is 24.6. The summed E-state index contributed by atoms with van der Waals surface area (Å²) in [5.41, 5.74) is 3.58. The van der Waals surface area contributed by atoms with Gasteiger partial charge in [0.15, 0.2) is 0 Å². The van der Waals surface area contributed by atoms with Gasteiger partial charge in [-0.1, -0.05) is 18.6 Å². The predicted molar refractivity (Wildman–Crippen MR) is 136 cm³/mol. The lowest BCUT2D eigenvalue weighted by atomic mass is 10.1. The van der Waals surface area contributed by atoms with Gasteiger partial charge in [-0.15, -0.1) is 0 Å². The second-order valence-electron chi connectivity index (χ2n) is 8.76. The molecule has 1 N–H and O–H groups in total. The van der Waals surface area contributed by atoms with Crippen molar-refractivity contribution in [1.82, 2.24) is 9.88 Å². The van der Waals surface area contributed by atoms with Gasteiger partial charge >= 0.3 is 11.9 Å². The number of aromatic amines is 1. The van der Waals surface area contributed by atoms with Crippen molar-refractivity contribution in [3.05, 3.63) is 65.4 Å². The van der Waals surface area contributed by atoms with E-state index in [0.29, 0.717) is 12.4 Å². The van der Waals surface area contributed by atoms with E-state index in [1.165, 1.54) is 25.3 Å². The Bertz CT molecular complexity index is 1190. The number of fused-ring (bicyclic) bond motifs is 1. The Labute approximate surface area is 205 Å². The van der Waals surface area contributed by atoms with Crippen LogP contribution in [0.5, 0.6) is 11.5 Å². The summed E-state index contributed by atoms with van der Waals surface area (Å²) in [5.74, 6) is 0.479. The highest BCUT2D eigenvalue weighted by molar-refractivity contribution is 5.90. The lowest BCUT2D eigenvalue weighted by molar-refractivity contribution is -0.138. The summed E-state index contributed by atoms with van der Waals surface area (Å²) < 4.78 is 16.1. The molecule has 0 unspecified atom stereocenters. The number of aromatic nitrogens is 1. The number of carbonyl (C=O) groups excluding carboxylic acids is 2. The number of carbonyl (C=O) groups is 2. The average molecular weight is 477 g/mol. The maximum absolute atomic E-state index is 12.6. The Morgan fingerprint density at radius 2 is 1.77 bits per heavy atom. The zero-order valence-electron chi connectivity index (χ0n) is 20.3. The van der Waals surface area contributed by atoms with Crippen LogP contribution in [0.3, 0.4) is 0 Å². The van der Waals surface area contributed by atoms with E-state index in [0.717, 1.165) is 53.1 Å². The van der Waals surface area contributed by atoms with Gasteiger partial charge in [0.2, 0.25) is 0 Å². The van der Waals surface area contributed by atoms with Crippen LogP contribution in [-0.2, 0) is 20.7 Å². The number of hydrogen-bond acceptors (Lipinski definition) is 6. The van der Waals surface area contributed by atoms with Crippen molar-refractivity contribution in [3.63, 3.8) is 0 Å². The molecule has 1 saturated heterocycles. The first-order valence-corrected chi connectivity index (χ1v) is 12.0. The zero-order valence-corrected chi connectivity index (χ0v) is 20.3. The molecule has 0 radical (unpaired) electrons. The minimum absolute atomic E-state index is 0.143. The number of nitrogens with zero attached hydrogens (tertiary/aromatic N) is 1. The molecule has 2 heterocycles. The lowest BCUT2D eigenvalue weighted by Gasteiger charge is -2.25. The number of rotatable bonds is 9. The number of aryl methyl sites for hydroxylation is 1. The highest BCUT2D eigenvalue weighted by Crippen LogP contribution is 2.27. The summed E-state index contributed by atoms with van der Waals surface area (Å²) in [5, 5.41) is 0.946. The van der Waals surface area contributed by atoms with Crippen molar-refractivity contribution < 1.29 is 23.8 Å². The molecule has 1 fully saturated rings. The minimum Gasteiger partial charge on any atom is -0.497 e. The van der Waals surface area contributed by atoms with Crippen molar-refractivity contribution in [2.24, 2.45) is 0 Å². The van der Waals surface area contributed by atoms with E-state index in [2.05, 4.69) is 9.88 Å². The van der Waals surface area contributed by atoms with Gasteiger partial charge in [0.05, 0.1) is 13.5 Å². The van der Waals surface area contributed by atoms with E-state index in [9.17, 15) is 9.59 Å². The summed E-state index contributed by atoms with van der Waals surface area (Å²) in [6, 6.07) is 12.7. The Kier molecular flexibility index (Phi) is 8.21. The molecule has 35 heavy (non-hydrogen) atoms. The molecule has 1 aliphatic heterocycles. The average Bonchev–Trinajstić information content (AvgIpc) is 3.18. The molecule has 0 bridgehead atoms. The van der Waals surface area contributed by atoms with Crippen LogP contribution in [0, 0.1) is 6.92 Å². The second kappa shape index (κ2) is 11.7. The SMILES string of the molecule is COc1ccc2[nH]c(C)c(CC(=O)Oc3ccc(C=CC(=O)OCCN4CCCCC4)cc3)c2c1. The Hall–Kier alpha value is -3.58. The standard InChI is InChI=1S/C28H32N2O5/c1-20-24(25-18-23(33-2)11-12-26(25)29-20)19-28(32)35-22-9-6-21(7-10-22)8-13-27(31)34-17-16-30-14-4-3-5-15-30/h6-13,18,29H,3-5,14-17,19H2,1-2H3. The quantitative estimate of drug-likeness (QED) is 0.275. The van der Waals surface area contributed by atoms with Crippen LogP contribution in [0.4, 0.5) is 0 Å². The van der Waals surface area contributed by atoms with Crippen LogP contribution in [0.2, 0.25) is 0 Å². The van der Waals surface area contributed by atoms with Crippen molar-refractivity contribution in [1.29, 1.82) is 0 Å². The molecule has 7 nitrogen and oxygen atoms in total. The van der Waals surface area contributed by atoms with Gasteiger partial charge in [-0.2, -0.15) is 0 Å². The van der Waals surface area contributed by atoms with Gasteiger partial charge in [0, 0.05) is 29.2 Å². The summed E-state index contributed by atoms with van der Waals surface area (Å²) in [4.78, 5) is 30.2. The highest BCUT2D eigenvalue weighted by atomic mass is 16.5. The largest absolute Gasteiger partial charge is 0.497 e. The highest BCUT2D eigenvalue weighted by Gasteiger charge is 2.15. The molecule has 7 heteroatoms. The number of methoxy groups -OCH3 is 1. The van der Waals surface area contributed by atoms with Crippen LogP contribution < -0.4 is 9.47 Å². The number of benzene rings is 2. The monoisotopic (exact) mass is 476 g/mol. The molecule has 0 spiro atoms.